The Morgan fingerprint density at radius 3 is 2.62 bits per heavy atom. The SMILES string of the molecule is Cc1c(CCN2CCC3(CC2)CCN(c2nnc(S(C)(=O)=O)s2)C3)ccc2c1COC2=O. The van der Waals surface area contributed by atoms with E-state index in [2.05, 4.69) is 33.0 Å². The number of fused-ring (bicyclic) bond motifs is 1. The van der Waals surface area contributed by atoms with Crippen molar-refractivity contribution in [3.8, 4) is 0 Å². The standard InChI is InChI=1S/C22H28N4O4S2/c1-15-16(3-4-17-18(15)13-30-19(17)27)5-9-25-10-6-22(7-11-25)8-12-26(14-22)20-23-24-21(31-20)32(2,28)29/h3-4H,5-14H2,1-2H3. The molecule has 0 radical (unpaired) electrons. The van der Waals surface area contributed by atoms with Gasteiger partial charge in [0.05, 0.1) is 5.56 Å². The van der Waals surface area contributed by atoms with Gasteiger partial charge in [-0.2, -0.15) is 0 Å². The molecule has 8 nitrogen and oxygen atoms in total. The molecule has 0 atom stereocenters. The molecule has 172 valence electrons. The third-order valence-corrected chi connectivity index (χ3v) is 9.97. The maximum atomic E-state index is 11.7. The zero-order chi connectivity index (χ0) is 22.5. The first kappa shape index (κ1) is 21.8. The second kappa shape index (κ2) is 8.07. The molecule has 0 N–H and O–H groups in total. The lowest BCUT2D eigenvalue weighted by Crippen LogP contribution is -2.42. The highest BCUT2D eigenvalue weighted by Crippen LogP contribution is 2.42. The van der Waals surface area contributed by atoms with Crippen LogP contribution in [0, 0.1) is 12.3 Å². The minimum absolute atomic E-state index is 0.0982. The van der Waals surface area contributed by atoms with E-state index in [1.54, 1.807) is 0 Å². The molecule has 0 bridgehead atoms. The van der Waals surface area contributed by atoms with Crippen LogP contribution in [-0.4, -0.2) is 68.5 Å². The maximum absolute atomic E-state index is 11.7. The Balaban J connectivity index is 1.16. The lowest BCUT2D eigenvalue weighted by molar-refractivity contribution is 0.0535. The second-order valence-electron chi connectivity index (χ2n) is 9.34. The van der Waals surface area contributed by atoms with Crippen molar-refractivity contribution in [2.45, 2.75) is 43.6 Å². The van der Waals surface area contributed by atoms with E-state index in [9.17, 15) is 13.2 Å². The van der Waals surface area contributed by atoms with Gasteiger partial charge in [-0.3, -0.25) is 0 Å². The van der Waals surface area contributed by atoms with E-state index in [0.717, 1.165) is 74.7 Å². The van der Waals surface area contributed by atoms with Crippen LogP contribution in [0.1, 0.15) is 46.3 Å². The molecule has 32 heavy (non-hydrogen) atoms. The molecule has 0 aliphatic carbocycles. The normalized spacial score (nSPS) is 20.7. The van der Waals surface area contributed by atoms with Crippen molar-refractivity contribution in [1.82, 2.24) is 15.1 Å². The molecule has 5 rings (SSSR count). The lowest BCUT2D eigenvalue weighted by Gasteiger charge is -2.39. The molecular weight excluding hydrogens is 448 g/mol. The summed E-state index contributed by atoms with van der Waals surface area (Å²) in [7, 11) is -3.30. The molecule has 0 unspecified atom stereocenters. The van der Waals surface area contributed by atoms with E-state index in [1.165, 1.54) is 28.7 Å². The Bertz CT molecular complexity index is 1150. The fourth-order valence-corrected chi connectivity index (χ4v) is 6.81. The molecule has 2 aromatic rings. The molecule has 1 spiro atoms. The van der Waals surface area contributed by atoms with E-state index in [0.29, 0.717) is 6.61 Å². The Labute approximate surface area is 192 Å². The average Bonchev–Trinajstić information content (AvgIpc) is 3.48. The molecule has 1 aromatic heterocycles. The van der Waals surface area contributed by atoms with Crippen molar-refractivity contribution in [2.24, 2.45) is 5.41 Å². The van der Waals surface area contributed by atoms with Crippen molar-refractivity contribution in [2.75, 3.05) is 43.9 Å². The van der Waals surface area contributed by atoms with Crippen LogP contribution in [0.25, 0.3) is 0 Å². The van der Waals surface area contributed by atoms with Crippen LogP contribution < -0.4 is 4.90 Å². The molecule has 10 heteroatoms. The zero-order valence-corrected chi connectivity index (χ0v) is 20.1. The highest BCUT2D eigenvalue weighted by molar-refractivity contribution is 7.92. The lowest BCUT2D eigenvalue weighted by atomic mass is 9.77. The quantitative estimate of drug-likeness (QED) is 0.608. The number of sulfone groups is 1. The van der Waals surface area contributed by atoms with Gasteiger partial charge in [-0.05, 0) is 68.3 Å². The van der Waals surface area contributed by atoms with Gasteiger partial charge in [-0.1, -0.05) is 17.4 Å². The summed E-state index contributed by atoms with van der Waals surface area (Å²) in [6.45, 7) is 7.50. The van der Waals surface area contributed by atoms with Gasteiger partial charge >= 0.3 is 5.97 Å². The van der Waals surface area contributed by atoms with Crippen LogP contribution >= 0.6 is 11.3 Å². The van der Waals surface area contributed by atoms with Crippen LogP contribution in [0.5, 0.6) is 0 Å². The van der Waals surface area contributed by atoms with Gasteiger partial charge in [0.15, 0.2) is 0 Å². The number of likely N-dealkylation sites (tertiary alicyclic amines) is 1. The minimum atomic E-state index is -3.30. The Morgan fingerprint density at radius 2 is 1.91 bits per heavy atom. The zero-order valence-electron chi connectivity index (χ0n) is 18.5. The van der Waals surface area contributed by atoms with Gasteiger partial charge in [0.1, 0.15) is 6.61 Å². The van der Waals surface area contributed by atoms with Gasteiger partial charge < -0.3 is 14.5 Å². The van der Waals surface area contributed by atoms with Crippen molar-refractivity contribution < 1.29 is 17.9 Å². The van der Waals surface area contributed by atoms with Gasteiger partial charge in [0.2, 0.25) is 19.3 Å². The Hall–Kier alpha value is -2.04. The number of hydrogen-bond acceptors (Lipinski definition) is 9. The number of cyclic esters (lactones) is 1. The molecular formula is C22H28N4O4S2. The van der Waals surface area contributed by atoms with Gasteiger partial charge in [-0.15, -0.1) is 10.2 Å². The fraction of sp³-hybridized carbons (Fsp3) is 0.591. The summed E-state index contributed by atoms with van der Waals surface area (Å²) in [4.78, 5) is 16.5. The van der Waals surface area contributed by atoms with Gasteiger partial charge in [0, 0.05) is 31.5 Å². The summed E-state index contributed by atoms with van der Waals surface area (Å²) >= 11 is 1.18. The third-order valence-electron chi connectivity index (χ3n) is 7.31. The van der Waals surface area contributed by atoms with Crippen LogP contribution in [0.3, 0.4) is 0 Å². The predicted octanol–water partition coefficient (Wildman–Crippen LogP) is 2.46. The highest BCUT2D eigenvalue weighted by Gasteiger charge is 2.41. The van der Waals surface area contributed by atoms with Crippen LogP contribution in [0.4, 0.5) is 5.13 Å². The van der Waals surface area contributed by atoms with Gasteiger partial charge in [0.25, 0.3) is 0 Å². The van der Waals surface area contributed by atoms with E-state index in [4.69, 9.17) is 4.74 Å². The molecule has 2 saturated heterocycles. The molecule has 1 aromatic carbocycles. The van der Waals surface area contributed by atoms with Crippen LogP contribution in [0.2, 0.25) is 0 Å². The highest BCUT2D eigenvalue weighted by atomic mass is 32.2. The maximum Gasteiger partial charge on any atom is 0.338 e. The number of carbonyl (C=O) groups is 1. The number of carbonyl (C=O) groups excluding carboxylic acids is 1. The Kier molecular flexibility index (Phi) is 5.50. The molecule has 3 aliphatic rings. The summed E-state index contributed by atoms with van der Waals surface area (Å²) in [5, 5.41) is 8.72. The smallest absolute Gasteiger partial charge is 0.338 e. The first-order valence-electron chi connectivity index (χ1n) is 11.0. The van der Waals surface area contributed by atoms with E-state index in [1.807, 2.05) is 6.07 Å². The molecule has 4 heterocycles. The number of rotatable bonds is 5. The molecule has 0 amide bonds. The van der Waals surface area contributed by atoms with E-state index in [-0.39, 0.29) is 15.7 Å². The number of anilines is 1. The largest absolute Gasteiger partial charge is 0.457 e. The van der Waals surface area contributed by atoms with Crippen molar-refractivity contribution in [3.05, 3.63) is 34.4 Å². The number of piperidine rings is 1. The topological polar surface area (TPSA) is 92.7 Å². The number of nitrogens with zero attached hydrogens (tertiary/aromatic N) is 4. The summed E-state index contributed by atoms with van der Waals surface area (Å²) in [6, 6.07) is 3.99. The van der Waals surface area contributed by atoms with Crippen LogP contribution in [-0.2, 0) is 27.6 Å². The molecule has 3 aliphatic heterocycles. The second-order valence-corrected chi connectivity index (χ2v) is 12.5. The summed E-state index contributed by atoms with van der Waals surface area (Å²) in [6.07, 6.45) is 5.56. The number of esters is 1. The minimum Gasteiger partial charge on any atom is -0.457 e. The van der Waals surface area contributed by atoms with Crippen molar-refractivity contribution in [3.63, 3.8) is 0 Å². The first-order valence-corrected chi connectivity index (χ1v) is 13.7. The summed E-state index contributed by atoms with van der Waals surface area (Å²) < 4.78 is 28.7. The number of ether oxygens (including phenoxy) is 1. The summed E-state index contributed by atoms with van der Waals surface area (Å²) in [5.41, 5.74) is 4.54. The molecule has 0 saturated carbocycles. The number of hydrogen-bond donors (Lipinski definition) is 0. The monoisotopic (exact) mass is 476 g/mol. The number of benzene rings is 1. The Morgan fingerprint density at radius 1 is 1.16 bits per heavy atom. The van der Waals surface area contributed by atoms with Gasteiger partial charge in [-0.25, -0.2) is 13.2 Å². The van der Waals surface area contributed by atoms with E-state index >= 15 is 0 Å². The van der Waals surface area contributed by atoms with E-state index < -0.39 is 9.84 Å². The number of aromatic nitrogens is 2. The first-order chi connectivity index (χ1) is 15.2. The predicted molar refractivity (Wildman–Crippen MR) is 122 cm³/mol. The van der Waals surface area contributed by atoms with Crippen molar-refractivity contribution >= 4 is 32.3 Å². The third kappa shape index (κ3) is 4.04. The summed E-state index contributed by atoms with van der Waals surface area (Å²) in [5.74, 6) is -0.206. The van der Waals surface area contributed by atoms with Crippen molar-refractivity contribution in [1.29, 1.82) is 0 Å². The fourth-order valence-electron chi connectivity index (χ4n) is 5.19. The van der Waals surface area contributed by atoms with Crippen LogP contribution in [0.15, 0.2) is 16.5 Å². The molecule has 2 fully saturated rings. The average molecular weight is 477 g/mol.